The normalized spacial score (nSPS) is 12.5. The molecule has 3 N–H and O–H groups in total. The second-order valence-electron chi connectivity index (χ2n) is 6.55. The highest BCUT2D eigenvalue weighted by molar-refractivity contribution is 7.89. The van der Waals surface area contributed by atoms with Gasteiger partial charge in [-0.15, -0.1) is 0 Å². The van der Waals surface area contributed by atoms with E-state index in [4.69, 9.17) is 9.88 Å². The first kappa shape index (κ1) is 22.3. The van der Waals surface area contributed by atoms with E-state index in [2.05, 4.69) is 5.32 Å². The number of benzene rings is 2. The lowest BCUT2D eigenvalue weighted by Gasteiger charge is -2.12. The molecule has 154 valence electrons. The van der Waals surface area contributed by atoms with Crippen molar-refractivity contribution >= 4 is 28.0 Å². The zero-order valence-corrected chi connectivity index (χ0v) is 17.1. The fraction of sp³-hybridized carbons (Fsp3) is 0.238. The number of nitrogens with one attached hydrogen (secondary N) is 1. The molecule has 0 saturated carbocycles. The number of ether oxygens (including phenoxy) is 1. The maximum absolute atomic E-state index is 12.1. The fourth-order valence-electron chi connectivity index (χ4n) is 2.43. The number of amides is 1. The smallest absolute Gasteiger partial charge is 0.331 e. The van der Waals surface area contributed by atoms with Crippen LogP contribution < -0.4 is 10.5 Å². The number of hydrogen-bond acceptors (Lipinski definition) is 5. The number of carbonyl (C=O) groups is 2. The average molecular weight is 416 g/mol. The Hall–Kier alpha value is -2.97. The molecule has 0 heterocycles. The minimum absolute atomic E-state index is 0.0320. The molecule has 7 nitrogen and oxygen atoms in total. The molecular formula is C21H24N2O5S. The Kier molecular flexibility index (Phi) is 7.69. The molecule has 0 saturated heterocycles. The summed E-state index contributed by atoms with van der Waals surface area (Å²) < 4.78 is 27.5. The lowest BCUT2D eigenvalue weighted by atomic mass is 10.1. The summed E-state index contributed by atoms with van der Waals surface area (Å²) in [5.74, 6) is -1.02. The number of carbonyl (C=O) groups excluding carboxylic acids is 2. The van der Waals surface area contributed by atoms with Crippen LogP contribution in [0.5, 0.6) is 0 Å². The molecule has 1 amide bonds. The molecule has 0 fully saturated rings. The second-order valence-corrected chi connectivity index (χ2v) is 8.11. The average Bonchev–Trinajstić information content (AvgIpc) is 2.67. The number of nitrogens with two attached hydrogens (primary N) is 1. The Morgan fingerprint density at radius 3 is 2.31 bits per heavy atom. The summed E-state index contributed by atoms with van der Waals surface area (Å²) in [5.41, 5.74) is 2.82. The topological polar surface area (TPSA) is 116 Å². The van der Waals surface area contributed by atoms with Crippen LogP contribution in [-0.4, -0.2) is 32.9 Å². The summed E-state index contributed by atoms with van der Waals surface area (Å²) in [6.45, 7) is 3.78. The largest absolute Gasteiger partial charge is 0.449 e. The summed E-state index contributed by atoms with van der Waals surface area (Å²) in [7, 11) is -3.72. The number of esters is 1. The summed E-state index contributed by atoms with van der Waals surface area (Å²) >= 11 is 0. The Morgan fingerprint density at radius 2 is 1.72 bits per heavy atom. The van der Waals surface area contributed by atoms with Crippen LogP contribution in [0, 0.1) is 6.92 Å². The van der Waals surface area contributed by atoms with Crippen molar-refractivity contribution in [3.8, 4) is 0 Å². The molecule has 0 aliphatic heterocycles. The van der Waals surface area contributed by atoms with Crippen molar-refractivity contribution in [1.82, 2.24) is 5.32 Å². The van der Waals surface area contributed by atoms with E-state index in [9.17, 15) is 18.0 Å². The summed E-state index contributed by atoms with van der Waals surface area (Å²) in [6.07, 6.45) is 2.46. The highest BCUT2D eigenvalue weighted by Gasteiger charge is 2.16. The molecule has 0 radical (unpaired) electrons. The van der Waals surface area contributed by atoms with Gasteiger partial charge < -0.3 is 10.1 Å². The maximum atomic E-state index is 12.1. The van der Waals surface area contributed by atoms with Crippen molar-refractivity contribution in [3.05, 3.63) is 71.3 Å². The molecular weight excluding hydrogens is 392 g/mol. The quantitative estimate of drug-likeness (QED) is 0.504. The van der Waals surface area contributed by atoms with Gasteiger partial charge >= 0.3 is 5.97 Å². The Labute approximate surface area is 170 Å². The molecule has 0 aliphatic carbocycles. The molecule has 0 aromatic heterocycles. The zero-order chi connectivity index (χ0) is 21.4. The highest BCUT2D eigenvalue weighted by atomic mass is 32.2. The van der Waals surface area contributed by atoms with Crippen LogP contribution >= 0.6 is 0 Å². The van der Waals surface area contributed by atoms with Crippen LogP contribution in [0.1, 0.15) is 23.6 Å². The SMILES string of the molecule is Cc1ccc(/C=C/C(=O)O[C@H](C)C(=O)NCCc2ccc(S(N)(=O)=O)cc2)cc1. The van der Waals surface area contributed by atoms with Gasteiger partial charge in [-0.05, 0) is 49.6 Å². The third kappa shape index (κ3) is 7.52. The Bertz CT molecular complexity index is 981. The summed E-state index contributed by atoms with van der Waals surface area (Å²) in [5, 5.41) is 7.73. The van der Waals surface area contributed by atoms with Crippen LogP contribution in [0.15, 0.2) is 59.5 Å². The molecule has 0 unspecified atom stereocenters. The minimum atomic E-state index is -3.72. The van der Waals surface area contributed by atoms with Crippen molar-refractivity contribution in [2.75, 3.05) is 6.54 Å². The lowest BCUT2D eigenvalue weighted by Crippen LogP contribution is -2.36. The van der Waals surface area contributed by atoms with E-state index in [0.717, 1.165) is 16.7 Å². The third-order valence-corrected chi connectivity index (χ3v) is 5.05. The van der Waals surface area contributed by atoms with Crippen molar-refractivity contribution in [3.63, 3.8) is 0 Å². The Balaban J connectivity index is 1.76. The van der Waals surface area contributed by atoms with Gasteiger partial charge in [-0.25, -0.2) is 18.4 Å². The second kappa shape index (κ2) is 9.99. The van der Waals surface area contributed by atoms with Gasteiger partial charge in [-0.1, -0.05) is 42.0 Å². The number of sulfonamides is 1. The number of hydrogen-bond donors (Lipinski definition) is 2. The first-order valence-electron chi connectivity index (χ1n) is 9.00. The summed E-state index contributed by atoms with van der Waals surface area (Å²) in [6, 6.07) is 13.7. The molecule has 0 spiro atoms. The van der Waals surface area contributed by atoms with Crippen LogP contribution in [-0.2, 0) is 30.8 Å². The van der Waals surface area contributed by atoms with E-state index in [1.54, 1.807) is 18.2 Å². The molecule has 0 bridgehead atoms. The number of aryl methyl sites for hydroxylation is 1. The predicted molar refractivity (Wildman–Crippen MR) is 110 cm³/mol. The van der Waals surface area contributed by atoms with E-state index < -0.39 is 28.0 Å². The lowest BCUT2D eigenvalue weighted by molar-refractivity contribution is -0.150. The van der Waals surface area contributed by atoms with Crippen LogP contribution in [0.4, 0.5) is 0 Å². The molecule has 2 aromatic carbocycles. The third-order valence-electron chi connectivity index (χ3n) is 4.12. The fourth-order valence-corrected chi connectivity index (χ4v) is 2.94. The molecule has 8 heteroatoms. The Morgan fingerprint density at radius 1 is 1.10 bits per heavy atom. The van der Waals surface area contributed by atoms with E-state index >= 15 is 0 Å². The molecule has 1 atom stereocenters. The van der Waals surface area contributed by atoms with Gasteiger partial charge in [0.1, 0.15) is 0 Å². The van der Waals surface area contributed by atoms with Gasteiger partial charge in [0.05, 0.1) is 4.90 Å². The zero-order valence-electron chi connectivity index (χ0n) is 16.3. The van der Waals surface area contributed by atoms with Gasteiger partial charge in [-0.3, -0.25) is 4.79 Å². The maximum Gasteiger partial charge on any atom is 0.331 e. The van der Waals surface area contributed by atoms with E-state index in [0.29, 0.717) is 13.0 Å². The summed E-state index contributed by atoms with van der Waals surface area (Å²) in [4.78, 5) is 23.9. The first-order valence-corrected chi connectivity index (χ1v) is 10.5. The first-order chi connectivity index (χ1) is 13.6. The molecule has 29 heavy (non-hydrogen) atoms. The van der Waals surface area contributed by atoms with Crippen molar-refractivity contribution in [2.45, 2.75) is 31.3 Å². The molecule has 2 aromatic rings. The van der Waals surface area contributed by atoms with Crippen molar-refractivity contribution < 1.29 is 22.7 Å². The van der Waals surface area contributed by atoms with Gasteiger partial charge in [0.15, 0.2) is 6.10 Å². The molecule has 2 rings (SSSR count). The predicted octanol–water partition coefficient (Wildman–Crippen LogP) is 1.95. The van der Waals surface area contributed by atoms with E-state index in [-0.39, 0.29) is 4.90 Å². The van der Waals surface area contributed by atoms with E-state index in [1.807, 2.05) is 31.2 Å². The molecule has 0 aliphatic rings. The van der Waals surface area contributed by atoms with Crippen LogP contribution in [0.2, 0.25) is 0 Å². The highest BCUT2D eigenvalue weighted by Crippen LogP contribution is 2.09. The van der Waals surface area contributed by atoms with Crippen molar-refractivity contribution in [1.29, 1.82) is 0 Å². The van der Waals surface area contributed by atoms with Crippen molar-refractivity contribution in [2.24, 2.45) is 5.14 Å². The van der Waals surface area contributed by atoms with E-state index in [1.165, 1.54) is 25.1 Å². The number of primary sulfonamides is 1. The monoisotopic (exact) mass is 416 g/mol. The minimum Gasteiger partial charge on any atom is -0.449 e. The van der Waals surface area contributed by atoms with Crippen LogP contribution in [0.3, 0.4) is 0 Å². The van der Waals surface area contributed by atoms with Crippen LogP contribution in [0.25, 0.3) is 6.08 Å². The van der Waals surface area contributed by atoms with Gasteiger partial charge in [0.2, 0.25) is 10.0 Å². The van der Waals surface area contributed by atoms with Gasteiger partial charge in [-0.2, -0.15) is 0 Å². The van der Waals surface area contributed by atoms with Gasteiger partial charge in [0, 0.05) is 12.6 Å². The van der Waals surface area contributed by atoms with Gasteiger partial charge in [0.25, 0.3) is 5.91 Å². The standard InChI is InChI=1S/C21H24N2O5S/c1-15-3-5-17(6-4-15)9-12-20(24)28-16(2)21(25)23-14-13-18-7-10-19(11-8-18)29(22,26)27/h3-12,16H,13-14H2,1-2H3,(H,23,25)(H2,22,26,27)/b12-9+/t16-/m1/s1. The number of rotatable bonds is 8.